The second kappa shape index (κ2) is 7.28. The number of H-pyrrole nitrogens is 1. The largest absolute Gasteiger partial charge is 0.467 e. The summed E-state index contributed by atoms with van der Waals surface area (Å²) in [5.41, 5.74) is -0.403. The minimum Gasteiger partial charge on any atom is -0.467 e. The van der Waals surface area contributed by atoms with E-state index < -0.39 is 21.3 Å². The minimum atomic E-state index is -3.53. The van der Waals surface area contributed by atoms with E-state index in [9.17, 15) is 17.6 Å². The quantitative estimate of drug-likeness (QED) is 0.494. The van der Waals surface area contributed by atoms with Gasteiger partial charge in [0.2, 0.25) is 0 Å². The van der Waals surface area contributed by atoms with Gasteiger partial charge in [-0.2, -0.15) is 0 Å². The van der Waals surface area contributed by atoms with E-state index in [-0.39, 0.29) is 22.9 Å². The van der Waals surface area contributed by atoms with Gasteiger partial charge in [0, 0.05) is 5.75 Å². The van der Waals surface area contributed by atoms with Crippen LogP contribution in [0, 0.1) is 5.82 Å². The number of hydrogen-bond donors (Lipinski definition) is 1. The van der Waals surface area contributed by atoms with Crippen LogP contribution in [0.2, 0.25) is 0 Å². The summed E-state index contributed by atoms with van der Waals surface area (Å²) in [5.74, 6) is 0.129. The Morgan fingerprint density at radius 3 is 2.68 bits per heavy atom. The highest BCUT2D eigenvalue weighted by atomic mass is 32.2. The van der Waals surface area contributed by atoms with Gasteiger partial charge in [0.25, 0.3) is 0 Å². The lowest BCUT2D eigenvalue weighted by atomic mass is 10.4. The molecule has 1 aromatic carbocycles. The predicted octanol–water partition coefficient (Wildman–Crippen LogP) is 1.92. The lowest BCUT2D eigenvalue weighted by Gasteiger charge is -2.05. The molecule has 0 spiro atoms. The topological polar surface area (TPSA) is 98.0 Å². The van der Waals surface area contributed by atoms with Crippen molar-refractivity contribution in [3.05, 3.63) is 64.7 Å². The van der Waals surface area contributed by atoms with E-state index in [1.807, 2.05) is 0 Å². The Bertz CT molecular complexity index is 992. The van der Waals surface area contributed by atoms with Crippen molar-refractivity contribution < 1.29 is 17.2 Å². The van der Waals surface area contributed by atoms with Crippen molar-refractivity contribution in [1.82, 2.24) is 14.8 Å². The molecule has 0 aliphatic heterocycles. The molecule has 0 amide bonds. The van der Waals surface area contributed by atoms with Gasteiger partial charge in [-0.15, -0.1) is 5.10 Å². The van der Waals surface area contributed by atoms with Crippen molar-refractivity contribution in [2.45, 2.75) is 16.6 Å². The van der Waals surface area contributed by atoms with Crippen LogP contribution < -0.4 is 5.69 Å². The molecule has 0 fully saturated rings. The molecule has 0 aliphatic rings. The predicted molar refractivity (Wildman–Crippen MR) is 89.8 cm³/mol. The molecular formula is C15H14FN3O4S2. The molecule has 0 radical (unpaired) electrons. The normalized spacial score (nSPS) is 11.7. The van der Waals surface area contributed by atoms with E-state index in [0.717, 1.165) is 23.9 Å². The molecule has 1 N–H and O–H groups in total. The molecule has 0 aliphatic carbocycles. The van der Waals surface area contributed by atoms with Crippen molar-refractivity contribution in [3.63, 3.8) is 0 Å². The van der Waals surface area contributed by atoms with E-state index >= 15 is 0 Å². The fourth-order valence-electron chi connectivity index (χ4n) is 2.11. The number of rotatable bonds is 7. The van der Waals surface area contributed by atoms with Crippen LogP contribution in [-0.4, -0.2) is 34.7 Å². The molecule has 7 nitrogen and oxygen atoms in total. The molecule has 3 rings (SSSR count). The highest BCUT2D eigenvalue weighted by Gasteiger charge is 2.16. The summed E-state index contributed by atoms with van der Waals surface area (Å²) in [6.45, 7) is 0.204. The van der Waals surface area contributed by atoms with E-state index in [1.54, 1.807) is 12.1 Å². The van der Waals surface area contributed by atoms with Crippen LogP contribution in [0.15, 0.2) is 61.9 Å². The molecule has 132 valence electrons. The Morgan fingerprint density at radius 1 is 1.24 bits per heavy atom. The molecule has 0 bridgehead atoms. The van der Waals surface area contributed by atoms with Crippen LogP contribution in [0.4, 0.5) is 4.39 Å². The second-order valence-corrected chi connectivity index (χ2v) is 8.27. The Kier molecular flexibility index (Phi) is 5.09. The van der Waals surface area contributed by atoms with Crippen molar-refractivity contribution in [1.29, 1.82) is 0 Å². The number of benzene rings is 1. The van der Waals surface area contributed by atoms with Gasteiger partial charge in [-0.05, 0) is 36.4 Å². The van der Waals surface area contributed by atoms with E-state index in [4.69, 9.17) is 4.42 Å². The average Bonchev–Trinajstić information content (AvgIpc) is 3.20. The van der Waals surface area contributed by atoms with Gasteiger partial charge in [0.15, 0.2) is 15.0 Å². The van der Waals surface area contributed by atoms with Crippen LogP contribution in [-0.2, 0) is 16.4 Å². The lowest BCUT2D eigenvalue weighted by Crippen LogP contribution is -2.18. The summed E-state index contributed by atoms with van der Waals surface area (Å²) in [5, 5.41) is 6.61. The van der Waals surface area contributed by atoms with E-state index in [0.29, 0.717) is 10.9 Å². The van der Waals surface area contributed by atoms with Gasteiger partial charge >= 0.3 is 5.69 Å². The molecule has 0 unspecified atom stereocenters. The van der Waals surface area contributed by atoms with Crippen molar-refractivity contribution >= 4 is 21.6 Å². The Labute approximate surface area is 146 Å². The summed E-state index contributed by atoms with van der Waals surface area (Å²) in [7, 11) is -3.53. The number of hydrogen-bond acceptors (Lipinski definition) is 6. The first-order valence-corrected chi connectivity index (χ1v) is 9.88. The number of sulfone groups is 1. The minimum absolute atomic E-state index is 0.0597. The maximum atomic E-state index is 12.9. The molecule has 0 atom stereocenters. The SMILES string of the molecule is O=c1[nH]nc(SCCS(=O)(=O)c2ccc(F)cc2)n1Cc1ccco1. The molecule has 3 aromatic rings. The average molecular weight is 383 g/mol. The maximum Gasteiger partial charge on any atom is 0.344 e. The third kappa shape index (κ3) is 4.20. The molecule has 2 aromatic heterocycles. The summed E-state index contributed by atoms with van der Waals surface area (Å²) in [4.78, 5) is 11.9. The Hall–Kier alpha value is -2.33. The highest BCUT2D eigenvalue weighted by molar-refractivity contribution is 8.00. The molecule has 2 heterocycles. The third-order valence-corrected chi connectivity index (χ3v) is 6.34. The number of nitrogens with zero attached hydrogens (tertiary/aromatic N) is 2. The van der Waals surface area contributed by atoms with Crippen LogP contribution in [0.5, 0.6) is 0 Å². The third-order valence-electron chi connectivity index (χ3n) is 3.37. The number of thioether (sulfide) groups is 1. The first-order chi connectivity index (χ1) is 12.0. The summed E-state index contributed by atoms with van der Waals surface area (Å²) >= 11 is 1.14. The molecule has 25 heavy (non-hydrogen) atoms. The summed E-state index contributed by atoms with van der Waals surface area (Å²) in [6, 6.07) is 8.12. The second-order valence-electron chi connectivity index (χ2n) is 5.10. The first-order valence-electron chi connectivity index (χ1n) is 7.24. The fraction of sp³-hybridized carbons (Fsp3) is 0.200. The molecule has 0 saturated heterocycles. The summed E-state index contributed by atoms with van der Waals surface area (Å²) in [6.07, 6.45) is 1.50. The van der Waals surface area contributed by atoms with Crippen molar-refractivity contribution in [3.8, 4) is 0 Å². The van der Waals surface area contributed by atoms with E-state index in [2.05, 4.69) is 10.2 Å². The number of aromatic nitrogens is 3. The zero-order valence-corrected chi connectivity index (χ0v) is 14.5. The fourth-order valence-corrected chi connectivity index (χ4v) is 4.71. The van der Waals surface area contributed by atoms with Gasteiger partial charge in [-0.1, -0.05) is 11.8 Å². The van der Waals surface area contributed by atoms with Crippen LogP contribution >= 0.6 is 11.8 Å². The smallest absolute Gasteiger partial charge is 0.344 e. The zero-order chi connectivity index (χ0) is 17.9. The zero-order valence-electron chi connectivity index (χ0n) is 12.9. The highest BCUT2D eigenvalue weighted by Crippen LogP contribution is 2.18. The van der Waals surface area contributed by atoms with Crippen LogP contribution in [0.1, 0.15) is 5.76 Å². The standard InChI is InChI=1S/C15H14FN3O4S2/c16-11-3-5-13(6-4-11)25(21,22)9-8-24-15-18-17-14(20)19(15)10-12-2-1-7-23-12/h1-7H,8-10H2,(H,17,20). The monoisotopic (exact) mass is 383 g/mol. The Morgan fingerprint density at radius 2 is 2.00 bits per heavy atom. The van der Waals surface area contributed by atoms with Crippen molar-refractivity contribution in [2.75, 3.05) is 11.5 Å². The lowest BCUT2D eigenvalue weighted by molar-refractivity contribution is 0.480. The van der Waals surface area contributed by atoms with Crippen LogP contribution in [0.3, 0.4) is 0 Å². The number of nitrogens with one attached hydrogen (secondary N) is 1. The number of aromatic amines is 1. The molecular weight excluding hydrogens is 369 g/mol. The molecule has 0 saturated carbocycles. The van der Waals surface area contributed by atoms with Gasteiger partial charge in [0.05, 0.1) is 23.5 Å². The van der Waals surface area contributed by atoms with Crippen LogP contribution in [0.25, 0.3) is 0 Å². The van der Waals surface area contributed by atoms with Gasteiger partial charge < -0.3 is 4.42 Å². The maximum absolute atomic E-state index is 12.9. The first kappa shape index (κ1) is 17.5. The Balaban J connectivity index is 1.66. The summed E-state index contributed by atoms with van der Waals surface area (Å²) < 4.78 is 43.9. The van der Waals surface area contributed by atoms with Crippen molar-refractivity contribution in [2.24, 2.45) is 0 Å². The molecule has 10 heteroatoms. The van der Waals surface area contributed by atoms with Gasteiger partial charge in [-0.25, -0.2) is 22.7 Å². The van der Waals surface area contributed by atoms with E-state index in [1.165, 1.54) is 23.0 Å². The number of halogens is 1. The number of furan rings is 1. The van der Waals surface area contributed by atoms with Gasteiger partial charge in [-0.3, -0.25) is 4.57 Å². The van der Waals surface area contributed by atoms with Gasteiger partial charge in [0.1, 0.15) is 11.6 Å².